The molecular formula is C5H9N7. The molecule has 0 fully saturated rings. The second-order valence-corrected chi connectivity index (χ2v) is 1.95. The maximum Gasteiger partial charge on any atom is 0.170 e. The maximum absolute atomic E-state index is 5.37. The van der Waals surface area contributed by atoms with Crippen molar-refractivity contribution < 1.29 is 0 Å². The predicted octanol–water partition coefficient (Wildman–Crippen LogP) is -1.66. The van der Waals surface area contributed by atoms with E-state index >= 15 is 0 Å². The Kier molecular flexibility index (Phi) is 2.38. The lowest BCUT2D eigenvalue weighted by Crippen LogP contribution is -2.19. The third-order valence-electron chi connectivity index (χ3n) is 1.18. The first kappa shape index (κ1) is 8.21. The van der Waals surface area contributed by atoms with Gasteiger partial charge in [0.15, 0.2) is 11.7 Å². The summed E-state index contributed by atoms with van der Waals surface area (Å²) in [6, 6.07) is 0. The number of aromatic nitrogens is 2. The summed E-state index contributed by atoms with van der Waals surface area (Å²) < 4.78 is 0. The summed E-state index contributed by atoms with van der Waals surface area (Å²) in [5.41, 5.74) is 8.08. The number of anilines is 1. The molecule has 0 aromatic carbocycles. The average Bonchev–Trinajstić information content (AvgIpc) is 2.17. The SMILES string of the molecule is N/N=C(\N)c1cncc(NN)n1. The van der Waals surface area contributed by atoms with Crippen molar-refractivity contribution in [3.05, 3.63) is 18.1 Å². The van der Waals surface area contributed by atoms with Crippen LogP contribution in [-0.2, 0) is 0 Å². The van der Waals surface area contributed by atoms with E-state index in [1.807, 2.05) is 0 Å². The normalized spacial score (nSPS) is 11.2. The lowest BCUT2D eigenvalue weighted by molar-refractivity contribution is 1.12. The zero-order valence-corrected chi connectivity index (χ0v) is 6.23. The first-order valence-electron chi connectivity index (χ1n) is 3.10. The van der Waals surface area contributed by atoms with E-state index in [1.54, 1.807) is 0 Å². The Balaban J connectivity index is 3.02. The molecule has 0 aliphatic carbocycles. The number of rotatable bonds is 2. The molecule has 0 atom stereocenters. The van der Waals surface area contributed by atoms with Crippen LogP contribution in [0.3, 0.4) is 0 Å². The highest BCUT2D eigenvalue weighted by molar-refractivity contribution is 5.95. The molecule has 0 unspecified atom stereocenters. The first-order valence-corrected chi connectivity index (χ1v) is 3.10. The van der Waals surface area contributed by atoms with Gasteiger partial charge in [-0.3, -0.25) is 4.98 Å². The predicted molar refractivity (Wildman–Crippen MR) is 44.8 cm³/mol. The van der Waals surface area contributed by atoms with Crippen molar-refractivity contribution in [3.63, 3.8) is 0 Å². The van der Waals surface area contributed by atoms with Crippen LogP contribution in [0.4, 0.5) is 5.82 Å². The van der Waals surface area contributed by atoms with Crippen molar-refractivity contribution in [3.8, 4) is 0 Å². The number of hydrazine groups is 1. The van der Waals surface area contributed by atoms with Crippen molar-refractivity contribution in [1.29, 1.82) is 0 Å². The molecule has 7 nitrogen and oxygen atoms in total. The lowest BCUT2D eigenvalue weighted by Gasteiger charge is -2.00. The third-order valence-corrected chi connectivity index (χ3v) is 1.18. The van der Waals surface area contributed by atoms with Crippen LogP contribution >= 0.6 is 0 Å². The van der Waals surface area contributed by atoms with Crippen LogP contribution in [0.5, 0.6) is 0 Å². The Morgan fingerprint density at radius 3 is 2.83 bits per heavy atom. The molecule has 1 aromatic heterocycles. The fraction of sp³-hybridized carbons (Fsp3) is 0. The molecule has 1 rings (SSSR count). The molecule has 7 N–H and O–H groups in total. The number of nitrogens with two attached hydrogens (primary N) is 3. The van der Waals surface area contributed by atoms with Gasteiger partial charge in [0.05, 0.1) is 12.4 Å². The largest absolute Gasteiger partial charge is 0.380 e. The molecule has 0 spiro atoms. The van der Waals surface area contributed by atoms with Crippen LogP contribution in [0.25, 0.3) is 0 Å². The van der Waals surface area contributed by atoms with Crippen LogP contribution < -0.4 is 22.8 Å². The second kappa shape index (κ2) is 3.49. The van der Waals surface area contributed by atoms with E-state index in [-0.39, 0.29) is 5.84 Å². The van der Waals surface area contributed by atoms with E-state index in [4.69, 9.17) is 17.4 Å². The topological polar surface area (TPSA) is 128 Å². The van der Waals surface area contributed by atoms with Gasteiger partial charge in [-0.05, 0) is 0 Å². The van der Waals surface area contributed by atoms with Gasteiger partial charge in [-0.2, -0.15) is 5.10 Å². The summed E-state index contributed by atoms with van der Waals surface area (Å²) in [6.45, 7) is 0. The molecule has 0 saturated heterocycles. The van der Waals surface area contributed by atoms with Crippen molar-refractivity contribution in [2.24, 2.45) is 22.5 Å². The molecule has 0 amide bonds. The van der Waals surface area contributed by atoms with Crippen LogP contribution in [-0.4, -0.2) is 15.8 Å². The van der Waals surface area contributed by atoms with E-state index in [1.165, 1.54) is 12.4 Å². The number of nitrogens with zero attached hydrogens (tertiary/aromatic N) is 3. The highest BCUT2D eigenvalue weighted by atomic mass is 15.3. The number of hydrogen-bond donors (Lipinski definition) is 4. The van der Waals surface area contributed by atoms with Crippen molar-refractivity contribution in [1.82, 2.24) is 9.97 Å². The monoisotopic (exact) mass is 167 g/mol. The first-order chi connectivity index (χ1) is 5.77. The third kappa shape index (κ3) is 1.58. The number of amidine groups is 1. The molecule has 0 aliphatic rings. The van der Waals surface area contributed by atoms with Crippen molar-refractivity contribution in [2.75, 3.05) is 5.43 Å². The number of hydrazone groups is 1. The molecule has 12 heavy (non-hydrogen) atoms. The molecule has 7 heteroatoms. The Labute approximate surface area is 68.6 Å². The number of nitrogens with one attached hydrogen (secondary N) is 1. The van der Waals surface area contributed by atoms with E-state index in [9.17, 15) is 0 Å². The highest BCUT2D eigenvalue weighted by Gasteiger charge is 2.00. The Bertz CT molecular complexity index is 294. The molecule has 0 aliphatic heterocycles. The van der Waals surface area contributed by atoms with E-state index < -0.39 is 0 Å². The zero-order chi connectivity index (χ0) is 8.97. The van der Waals surface area contributed by atoms with Gasteiger partial charge in [-0.25, -0.2) is 10.8 Å². The number of hydrogen-bond acceptors (Lipinski definition) is 6. The second-order valence-electron chi connectivity index (χ2n) is 1.95. The number of nitrogen functional groups attached to an aromatic ring is 1. The quantitative estimate of drug-likeness (QED) is 0.181. The smallest absolute Gasteiger partial charge is 0.170 e. The zero-order valence-electron chi connectivity index (χ0n) is 6.23. The van der Waals surface area contributed by atoms with Gasteiger partial charge in [0, 0.05) is 0 Å². The van der Waals surface area contributed by atoms with Gasteiger partial charge in [0.25, 0.3) is 0 Å². The molecule has 64 valence electrons. The Morgan fingerprint density at radius 1 is 1.50 bits per heavy atom. The van der Waals surface area contributed by atoms with Gasteiger partial charge in [0.1, 0.15) is 5.69 Å². The molecule has 0 radical (unpaired) electrons. The molecule has 1 heterocycles. The average molecular weight is 167 g/mol. The Morgan fingerprint density at radius 2 is 2.25 bits per heavy atom. The van der Waals surface area contributed by atoms with Crippen LogP contribution in [0, 0.1) is 0 Å². The van der Waals surface area contributed by atoms with Crippen molar-refractivity contribution >= 4 is 11.7 Å². The van der Waals surface area contributed by atoms with Gasteiger partial charge >= 0.3 is 0 Å². The standard InChI is InChI=1S/C5H9N7/c6-5(12-8)3-1-9-2-4(10-3)11-7/h1-2H,7-8H2,(H2,6,12)(H,10,11). The van der Waals surface area contributed by atoms with Crippen LogP contribution in [0.15, 0.2) is 17.5 Å². The minimum Gasteiger partial charge on any atom is -0.380 e. The van der Waals surface area contributed by atoms with Crippen LogP contribution in [0.2, 0.25) is 0 Å². The van der Waals surface area contributed by atoms with Gasteiger partial charge in [-0.15, -0.1) is 0 Å². The fourth-order valence-electron chi connectivity index (χ4n) is 0.625. The maximum atomic E-state index is 5.37. The molecule has 1 aromatic rings. The van der Waals surface area contributed by atoms with Crippen molar-refractivity contribution in [2.45, 2.75) is 0 Å². The highest BCUT2D eigenvalue weighted by Crippen LogP contribution is 1.98. The van der Waals surface area contributed by atoms with Gasteiger partial charge < -0.3 is 17.0 Å². The van der Waals surface area contributed by atoms with E-state index in [0.717, 1.165) is 0 Å². The molecule has 0 saturated carbocycles. The summed E-state index contributed by atoms with van der Waals surface area (Å²) in [5.74, 6) is 10.5. The summed E-state index contributed by atoms with van der Waals surface area (Å²) in [7, 11) is 0. The minimum atomic E-state index is 0.111. The van der Waals surface area contributed by atoms with Gasteiger partial charge in [-0.1, -0.05) is 0 Å². The summed E-state index contributed by atoms with van der Waals surface area (Å²) in [6.07, 6.45) is 2.89. The lowest BCUT2D eigenvalue weighted by atomic mass is 10.4. The summed E-state index contributed by atoms with van der Waals surface area (Å²) >= 11 is 0. The Hall–Kier alpha value is -1.89. The summed E-state index contributed by atoms with van der Waals surface area (Å²) in [4.78, 5) is 7.73. The summed E-state index contributed by atoms with van der Waals surface area (Å²) in [5, 5.41) is 3.26. The molecule has 0 bridgehead atoms. The van der Waals surface area contributed by atoms with Gasteiger partial charge in [0.2, 0.25) is 0 Å². The van der Waals surface area contributed by atoms with E-state index in [2.05, 4.69) is 20.5 Å². The minimum absolute atomic E-state index is 0.111. The fourth-order valence-corrected chi connectivity index (χ4v) is 0.625. The van der Waals surface area contributed by atoms with E-state index in [0.29, 0.717) is 11.5 Å². The molecular weight excluding hydrogens is 158 g/mol. The van der Waals surface area contributed by atoms with Crippen LogP contribution in [0.1, 0.15) is 5.69 Å².